The smallest absolute Gasteiger partial charge is 0.165 e. The van der Waals surface area contributed by atoms with E-state index in [0.29, 0.717) is 11.2 Å². The first kappa shape index (κ1) is 10.3. The summed E-state index contributed by atoms with van der Waals surface area (Å²) in [5.74, 6) is -0.957. The monoisotopic (exact) mass is 222 g/mol. The minimum Gasteiger partial charge on any atom is -0.544 e. The van der Waals surface area contributed by atoms with Gasteiger partial charge in [0.1, 0.15) is 23.9 Å². The van der Waals surface area contributed by atoms with E-state index in [1.807, 2.05) is 0 Å². The number of aliphatic carboxylic acids is 1. The average molecular weight is 222 g/mol. The molecule has 2 rings (SSSR count). The molecule has 0 aliphatic carbocycles. The number of nitrogen functional groups attached to an aromatic ring is 1. The molecule has 0 saturated heterocycles. The SMILES string of the molecule is Nc1ncnc2c1ncn2C[C@@H]([NH3+])C(=O)[O-]. The van der Waals surface area contributed by atoms with Crippen molar-refractivity contribution in [2.75, 3.05) is 5.73 Å². The third kappa shape index (κ3) is 1.65. The van der Waals surface area contributed by atoms with Crippen LogP contribution in [0.1, 0.15) is 0 Å². The normalized spacial score (nSPS) is 12.8. The van der Waals surface area contributed by atoms with Gasteiger partial charge in [0, 0.05) is 0 Å². The third-order valence-electron chi connectivity index (χ3n) is 2.18. The molecule has 2 heterocycles. The van der Waals surface area contributed by atoms with Crippen LogP contribution in [0.15, 0.2) is 12.7 Å². The number of carboxylic acid groups (broad SMARTS) is 1. The van der Waals surface area contributed by atoms with E-state index in [-0.39, 0.29) is 12.4 Å². The zero-order chi connectivity index (χ0) is 11.7. The van der Waals surface area contributed by atoms with Crippen molar-refractivity contribution in [1.29, 1.82) is 0 Å². The summed E-state index contributed by atoms with van der Waals surface area (Å²) in [5.41, 5.74) is 9.99. The largest absolute Gasteiger partial charge is 0.544 e. The second-order valence-corrected chi connectivity index (χ2v) is 3.34. The van der Waals surface area contributed by atoms with E-state index in [4.69, 9.17) is 5.73 Å². The first-order valence-electron chi connectivity index (χ1n) is 4.55. The molecule has 0 saturated carbocycles. The third-order valence-corrected chi connectivity index (χ3v) is 2.18. The number of hydrogen-bond donors (Lipinski definition) is 2. The molecule has 0 unspecified atom stereocenters. The van der Waals surface area contributed by atoms with Gasteiger partial charge in [0.2, 0.25) is 0 Å². The summed E-state index contributed by atoms with van der Waals surface area (Å²) in [6.45, 7) is 0.134. The Bertz CT molecular complexity index is 536. The molecule has 0 amide bonds. The number of carboxylic acids is 1. The molecule has 8 heteroatoms. The molecule has 0 fully saturated rings. The highest BCUT2D eigenvalue weighted by molar-refractivity contribution is 5.81. The lowest BCUT2D eigenvalue weighted by Gasteiger charge is -2.09. The van der Waals surface area contributed by atoms with E-state index in [1.54, 1.807) is 4.57 Å². The number of quaternary nitrogens is 1. The highest BCUT2D eigenvalue weighted by Crippen LogP contribution is 2.13. The van der Waals surface area contributed by atoms with Crippen molar-refractivity contribution >= 4 is 23.0 Å². The van der Waals surface area contributed by atoms with Crippen molar-refractivity contribution in [2.24, 2.45) is 0 Å². The van der Waals surface area contributed by atoms with Crippen LogP contribution >= 0.6 is 0 Å². The van der Waals surface area contributed by atoms with Gasteiger partial charge in [-0.1, -0.05) is 0 Å². The van der Waals surface area contributed by atoms with Crippen LogP contribution in [-0.4, -0.2) is 31.5 Å². The molecule has 0 aliphatic heterocycles. The summed E-state index contributed by atoms with van der Waals surface area (Å²) in [5, 5.41) is 10.6. The first-order chi connectivity index (χ1) is 7.59. The summed E-state index contributed by atoms with van der Waals surface area (Å²) < 4.78 is 1.56. The van der Waals surface area contributed by atoms with Gasteiger partial charge in [0.25, 0.3) is 0 Å². The Hall–Kier alpha value is -2.22. The molecule has 0 radical (unpaired) electrons. The number of hydrogen-bond acceptors (Lipinski definition) is 6. The van der Waals surface area contributed by atoms with Crippen LogP contribution in [-0.2, 0) is 11.3 Å². The maximum Gasteiger partial charge on any atom is 0.165 e. The predicted octanol–water partition coefficient (Wildman–Crippen LogP) is -3.23. The molecule has 16 heavy (non-hydrogen) atoms. The van der Waals surface area contributed by atoms with E-state index < -0.39 is 12.0 Å². The summed E-state index contributed by atoms with van der Waals surface area (Å²) >= 11 is 0. The summed E-state index contributed by atoms with van der Waals surface area (Å²) in [7, 11) is 0. The van der Waals surface area contributed by atoms with Gasteiger partial charge in [-0.05, 0) is 0 Å². The fraction of sp³-hybridized carbons (Fsp3) is 0.250. The first-order valence-corrected chi connectivity index (χ1v) is 4.55. The van der Waals surface area contributed by atoms with Crippen LogP contribution in [0.3, 0.4) is 0 Å². The molecule has 8 nitrogen and oxygen atoms in total. The van der Waals surface area contributed by atoms with Gasteiger partial charge in [-0.2, -0.15) is 0 Å². The van der Waals surface area contributed by atoms with Gasteiger partial charge < -0.3 is 25.9 Å². The Morgan fingerprint density at radius 1 is 1.56 bits per heavy atom. The minimum atomic E-state index is -1.22. The van der Waals surface area contributed by atoms with Crippen molar-refractivity contribution < 1.29 is 15.6 Å². The zero-order valence-electron chi connectivity index (χ0n) is 8.33. The number of aromatic nitrogens is 4. The zero-order valence-corrected chi connectivity index (χ0v) is 8.33. The number of nitrogens with zero attached hydrogens (tertiary/aromatic N) is 4. The molecule has 5 N–H and O–H groups in total. The molecule has 84 valence electrons. The maximum atomic E-state index is 10.6. The van der Waals surface area contributed by atoms with Crippen molar-refractivity contribution in [2.45, 2.75) is 12.6 Å². The van der Waals surface area contributed by atoms with Gasteiger partial charge >= 0.3 is 0 Å². The molecule has 2 aromatic rings. The van der Waals surface area contributed by atoms with Gasteiger partial charge in [-0.15, -0.1) is 0 Å². The van der Waals surface area contributed by atoms with E-state index in [1.165, 1.54) is 12.7 Å². The van der Waals surface area contributed by atoms with E-state index in [9.17, 15) is 9.90 Å². The molecule has 0 aromatic carbocycles. The number of nitrogens with two attached hydrogens (primary N) is 1. The Balaban J connectivity index is 2.39. The highest BCUT2D eigenvalue weighted by Gasteiger charge is 2.13. The van der Waals surface area contributed by atoms with Gasteiger partial charge in [-0.25, -0.2) is 15.0 Å². The van der Waals surface area contributed by atoms with E-state index in [0.717, 1.165) is 0 Å². The molecule has 0 bridgehead atoms. The van der Waals surface area contributed by atoms with Crippen LogP contribution in [0, 0.1) is 0 Å². The van der Waals surface area contributed by atoms with Gasteiger partial charge in [0.15, 0.2) is 11.5 Å². The van der Waals surface area contributed by atoms with E-state index >= 15 is 0 Å². The number of fused-ring (bicyclic) bond motifs is 1. The number of rotatable bonds is 3. The molecular weight excluding hydrogens is 212 g/mol. The van der Waals surface area contributed by atoms with Crippen LogP contribution in [0.25, 0.3) is 11.2 Å². The Morgan fingerprint density at radius 3 is 3.00 bits per heavy atom. The quantitative estimate of drug-likeness (QED) is 0.560. The second-order valence-electron chi connectivity index (χ2n) is 3.34. The average Bonchev–Trinajstić information content (AvgIpc) is 2.63. The number of carbonyl (C=O) groups is 1. The van der Waals surface area contributed by atoms with E-state index in [2.05, 4.69) is 20.7 Å². The van der Waals surface area contributed by atoms with Crippen LogP contribution in [0.5, 0.6) is 0 Å². The van der Waals surface area contributed by atoms with Crippen LogP contribution < -0.4 is 16.6 Å². The van der Waals surface area contributed by atoms with Crippen molar-refractivity contribution in [3.63, 3.8) is 0 Å². The van der Waals surface area contributed by atoms with Crippen molar-refractivity contribution in [3.05, 3.63) is 12.7 Å². The molecule has 1 atom stereocenters. The molecule has 2 aromatic heterocycles. The summed E-state index contributed by atoms with van der Waals surface area (Å²) in [4.78, 5) is 22.3. The van der Waals surface area contributed by atoms with Gasteiger partial charge in [0.05, 0.1) is 12.9 Å². The number of anilines is 1. The Kier molecular flexibility index (Phi) is 2.41. The molecule has 0 spiro atoms. The second kappa shape index (κ2) is 3.74. The standard InChI is InChI=1S/C8H10N6O2/c9-4(8(15)16)1-14-3-13-5-6(10)11-2-12-7(5)14/h2-4H,1,9H2,(H,15,16)(H2,10,11,12)/t4-/m1/s1. The lowest BCUT2D eigenvalue weighted by molar-refractivity contribution is -0.439. The van der Waals surface area contributed by atoms with Crippen molar-refractivity contribution in [1.82, 2.24) is 19.5 Å². The van der Waals surface area contributed by atoms with Crippen LogP contribution in [0.2, 0.25) is 0 Å². The van der Waals surface area contributed by atoms with Gasteiger partial charge in [-0.3, -0.25) is 0 Å². The van der Waals surface area contributed by atoms with Crippen molar-refractivity contribution in [3.8, 4) is 0 Å². The predicted molar refractivity (Wildman–Crippen MR) is 51.4 cm³/mol. The topological polar surface area (TPSA) is 137 Å². The van der Waals surface area contributed by atoms with Crippen LogP contribution in [0.4, 0.5) is 5.82 Å². The summed E-state index contributed by atoms with van der Waals surface area (Å²) in [6.07, 6.45) is 2.75. The maximum absolute atomic E-state index is 10.6. The highest BCUT2D eigenvalue weighted by atomic mass is 16.4. The lowest BCUT2D eigenvalue weighted by atomic mass is 10.3. The Morgan fingerprint density at radius 2 is 2.31 bits per heavy atom. The lowest BCUT2D eigenvalue weighted by Crippen LogP contribution is -2.69. The Labute approximate surface area is 89.9 Å². The number of imidazole rings is 1. The number of carbonyl (C=O) groups excluding carboxylic acids is 1. The fourth-order valence-electron chi connectivity index (χ4n) is 1.34. The fourth-order valence-corrected chi connectivity index (χ4v) is 1.34. The molecular formula is C8H10N6O2. The summed E-state index contributed by atoms with van der Waals surface area (Å²) in [6, 6.07) is -0.867. The minimum absolute atomic E-state index is 0.134. The molecule has 0 aliphatic rings.